The number of carbonyl (C=O) groups is 1. The summed E-state index contributed by atoms with van der Waals surface area (Å²) in [5.74, 6) is 0.306. The summed E-state index contributed by atoms with van der Waals surface area (Å²) in [6.07, 6.45) is 2.12. The maximum absolute atomic E-state index is 12.2. The number of nitrogens with one attached hydrogen (secondary N) is 1. The zero-order valence-electron chi connectivity index (χ0n) is 9.95. The van der Waals surface area contributed by atoms with Crippen LogP contribution in [0.25, 0.3) is 10.2 Å². The van der Waals surface area contributed by atoms with E-state index in [1.54, 1.807) is 0 Å². The lowest BCUT2D eigenvalue weighted by Crippen LogP contribution is -2.13. The van der Waals surface area contributed by atoms with E-state index in [-0.39, 0.29) is 5.91 Å². The Morgan fingerprint density at radius 2 is 2.32 bits per heavy atom. The molecule has 0 bridgehead atoms. The van der Waals surface area contributed by atoms with Gasteiger partial charge in [0.15, 0.2) is 5.82 Å². The van der Waals surface area contributed by atoms with Gasteiger partial charge in [-0.1, -0.05) is 11.4 Å². The van der Waals surface area contributed by atoms with E-state index in [2.05, 4.69) is 24.9 Å². The van der Waals surface area contributed by atoms with Gasteiger partial charge in [-0.05, 0) is 29.4 Å². The Labute approximate surface area is 116 Å². The number of hydrogen-bond donors (Lipinski definition) is 1. The Morgan fingerprint density at radius 1 is 1.42 bits per heavy atom. The van der Waals surface area contributed by atoms with Crippen LogP contribution in [0.5, 0.6) is 0 Å². The van der Waals surface area contributed by atoms with Gasteiger partial charge < -0.3 is 5.32 Å². The Bertz CT molecular complexity index is 735. The van der Waals surface area contributed by atoms with Gasteiger partial charge in [-0.3, -0.25) is 4.79 Å². The Balaban J connectivity index is 1.93. The van der Waals surface area contributed by atoms with Gasteiger partial charge in [-0.2, -0.15) is 0 Å². The number of amides is 1. The molecule has 3 rings (SSSR count). The molecule has 0 saturated carbocycles. The summed E-state index contributed by atoms with van der Waals surface area (Å²) in [6.45, 7) is 1.94. The van der Waals surface area contributed by atoms with Crippen LogP contribution in [-0.4, -0.2) is 25.5 Å². The van der Waals surface area contributed by atoms with Crippen molar-refractivity contribution in [2.24, 2.45) is 0 Å². The molecular weight excluding hydrogens is 282 g/mol. The molecule has 0 radical (unpaired) electrons. The summed E-state index contributed by atoms with van der Waals surface area (Å²) in [6, 6.07) is 1.89. The molecule has 8 heteroatoms. The highest BCUT2D eigenvalue weighted by atomic mass is 32.1. The Kier molecular flexibility index (Phi) is 3.18. The Morgan fingerprint density at radius 3 is 3.16 bits per heavy atom. The SMILES string of the molecule is CCc1nnsc1C(=O)Nc1ncnc2ccsc12. The fraction of sp³-hybridized carbons (Fsp3) is 0.182. The minimum atomic E-state index is -0.222. The molecule has 0 aromatic carbocycles. The predicted molar refractivity (Wildman–Crippen MR) is 74.7 cm³/mol. The van der Waals surface area contributed by atoms with Crippen LogP contribution in [0.1, 0.15) is 22.3 Å². The molecule has 0 atom stereocenters. The number of nitrogens with zero attached hydrogens (tertiary/aromatic N) is 4. The number of carbonyl (C=O) groups excluding carboxylic acids is 1. The molecule has 3 heterocycles. The van der Waals surface area contributed by atoms with E-state index in [1.165, 1.54) is 17.7 Å². The molecule has 0 saturated heterocycles. The lowest BCUT2D eigenvalue weighted by atomic mass is 10.3. The van der Waals surface area contributed by atoms with Crippen molar-refractivity contribution in [1.29, 1.82) is 0 Å². The molecule has 96 valence electrons. The summed E-state index contributed by atoms with van der Waals surface area (Å²) >= 11 is 2.59. The molecule has 0 fully saturated rings. The summed E-state index contributed by atoms with van der Waals surface area (Å²) in [5.41, 5.74) is 1.53. The standard InChI is InChI=1S/C11H9N5OS2/c1-2-6-9(19-16-15-6)11(17)14-10-8-7(3-4-18-8)12-5-13-10/h3-5H,2H2,1H3,(H,12,13,14,17). The van der Waals surface area contributed by atoms with Gasteiger partial charge in [0.05, 0.1) is 15.9 Å². The van der Waals surface area contributed by atoms with E-state index < -0.39 is 0 Å². The van der Waals surface area contributed by atoms with Crippen molar-refractivity contribution in [2.45, 2.75) is 13.3 Å². The second-order valence-corrected chi connectivity index (χ2v) is 5.38. The maximum atomic E-state index is 12.2. The molecule has 0 unspecified atom stereocenters. The minimum absolute atomic E-state index is 0.222. The largest absolute Gasteiger partial charge is 0.304 e. The van der Waals surface area contributed by atoms with Crippen LogP contribution in [-0.2, 0) is 6.42 Å². The molecule has 1 N–H and O–H groups in total. The number of aromatic nitrogens is 4. The summed E-state index contributed by atoms with van der Waals surface area (Å²) in [7, 11) is 0. The first-order chi connectivity index (χ1) is 9.29. The van der Waals surface area contributed by atoms with Crippen LogP contribution in [0.4, 0.5) is 5.82 Å². The first-order valence-electron chi connectivity index (χ1n) is 5.60. The molecule has 3 aromatic rings. The highest BCUT2D eigenvalue weighted by Gasteiger charge is 2.17. The molecule has 0 aliphatic heterocycles. The zero-order valence-corrected chi connectivity index (χ0v) is 11.6. The van der Waals surface area contributed by atoms with Crippen LogP contribution in [0, 0.1) is 0 Å². The lowest BCUT2D eigenvalue weighted by Gasteiger charge is -2.03. The first-order valence-corrected chi connectivity index (χ1v) is 7.25. The zero-order chi connectivity index (χ0) is 13.2. The summed E-state index contributed by atoms with van der Waals surface area (Å²) in [4.78, 5) is 21.0. The summed E-state index contributed by atoms with van der Waals surface area (Å²) < 4.78 is 4.68. The van der Waals surface area contributed by atoms with Gasteiger partial charge in [0.25, 0.3) is 5.91 Å². The molecule has 0 aliphatic carbocycles. The van der Waals surface area contributed by atoms with Gasteiger partial charge in [-0.25, -0.2) is 9.97 Å². The van der Waals surface area contributed by atoms with Crippen molar-refractivity contribution in [2.75, 3.05) is 5.32 Å². The van der Waals surface area contributed by atoms with E-state index in [0.29, 0.717) is 22.8 Å². The highest BCUT2D eigenvalue weighted by molar-refractivity contribution is 7.17. The third kappa shape index (κ3) is 2.20. The molecule has 0 aliphatic rings. The molecule has 3 aromatic heterocycles. The molecule has 0 spiro atoms. The normalized spacial score (nSPS) is 10.8. The number of aryl methyl sites for hydroxylation is 1. The fourth-order valence-corrected chi connectivity index (χ4v) is 3.09. The second kappa shape index (κ2) is 4.98. The first kappa shape index (κ1) is 12.1. The number of anilines is 1. The topological polar surface area (TPSA) is 80.7 Å². The van der Waals surface area contributed by atoms with Crippen LogP contribution in [0.15, 0.2) is 17.8 Å². The van der Waals surface area contributed by atoms with E-state index in [1.807, 2.05) is 18.4 Å². The maximum Gasteiger partial charge on any atom is 0.270 e. The van der Waals surface area contributed by atoms with E-state index in [0.717, 1.165) is 21.7 Å². The van der Waals surface area contributed by atoms with E-state index >= 15 is 0 Å². The monoisotopic (exact) mass is 291 g/mol. The van der Waals surface area contributed by atoms with Gasteiger partial charge in [0.1, 0.15) is 11.2 Å². The van der Waals surface area contributed by atoms with Crippen LogP contribution < -0.4 is 5.32 Å². The average molecular weight is 291 g/mol. The highest BCUT2D eigenvalue weighted by Crippen LogP contribution is 2.25. The predicted octanol–water partition coefficient (Wildman–Crippen LogP) is 2.36. The van der Waals surface area contributed by atoms with Crippen molar-refractivity contribution in [1.82, 2.24) is 19.6 Å². The van der Waals surface area contributed by atoms with Gasteiger partial charge in [-0.15, -0.1) is 16.4 Å². The second-order valence-electron chi connectivity index (χ2n) is 3.71. The third-order valence-electron chi connectivity index (χ3n) is 2.57. The fourth-order valence-electron chi connectivity index (χ4n) is 1.65. The third-order valence-corrected chi connectivity index (χ3v) is 4.25. The number of hydrogen-bond acceptors (Lipinski definition) is 7. The molecule has 6 nitrogen and oxygen atoms in total. The molecule has 19 heavy (non-hydrogen) atoms. The van der Waals surface area contributed by atoms with Crippen molar-refractivity contribution in [3.63, 3.8) is 0 Å². The number of thiophene rings is 1. The van der Waals surface area contributed by atoms with Crippen LogP contribution in [0.3, 0.4) is 0 Å². The van der Waals surface area contributed by atoms with Crippen LogP contribution in [0.2, 0.25) is 0 Å². The molecular formula is C11H9N5OS2. The van der Waals surface area contributed by atoms with E-state index in [9.17, 15) is 4.79 Å². The van der Waals surface area contributed by atoms with Crippen molar-refractivity contribution in [3.05, 3.63) is 28.3 Å². The molecule has 1 amide bonds. The van der Waals surface area contributed by atoms with E-state index in [4.69, 9.17) is 0 Å². The van der Waals surface area contributed by atoms with Crippen LogP contribution >= 0.6 is 22.9 Å². The van der Waals surface area contributed by atoms with Gasteiger partial charge in [0, 0.05) is 0 Å². The van der Waals surface area contributed by atoms with Crippen molar-refractivity contribution in [3.8, 4) is 0 Å². The average Bonchev–Trinajstić information content (AvgIpc) is 3.07. The van der Waals surface area contributed by atoms with Crippen molar-refractivity contribution >= 4 is 44.8 Å². The smallest absolute Gasteiger partial charge is 0.270 e. The number of rotatable bonds is 3. The van der Waals surface area contributed by atoms with Gasteiger partial charge >= 0.3 is 0 Å². The minimum Gasteiger partial charge on any atom is -0.304 e. The number of fused-ring (bicyclic) bond motifs is 1. The van der Waals surface area contributed by atoms with Crippen molar-refractivity contribution < 1.29 is 4.79 Å². The Hall–Kier alpha value is -1.93. The summed E-state index contributed by atoms with van der Waals surface area (Å²) in [5, 5.41) is 8.64. The quantitative estimate of drug-likeness (QED) is 0.801. The lowest BCUT2D eigenvalue weighted by molar-refractivity contribution is 0.102. The van der Waals surface area contributed by atoms with Gasteiger partial charge in [0.2, 0.25) is 0 Å².